The van der Waals surface area contributed by atoms with E-state index >= 15 is 0 Å². The Kier molecular flexibility index (Phi) is 2.89. The van der Waals surface area contributed by atoms with E-state index in [1.165, 1.54) is 0 Å². The fraction of sp³-hybridized carbons (Fsp3) is 0.400. The molecule has 1 fully saturated rings. The molecule has 0 unspecified atom stereocenters. The zero-order valence-corrected chi connectivity index (χ0v) is 10.3. The summed E-state index contributed by atoms with van der Waals surface area (Å²) in [5, 5.41) is 7.79. The Morgan fingerprint density at radius 3 is 2.50 bits per heavy atom. The number of esters is 1. The maximum Gasteiger partial charge on any atom is 0.356 e. The molecular weight excluding hydrogens is 262 g/mol. The molecule has 0 saturated carbocycles. The molecular formula is C10H9NO6S. The normalized spacial score (nSPS) is 26.7. The SMILES string of the molecule is CC(=O)OC1=C(C(=O)O)N2C(=O)C(=O)[C@H]2S[C@H]1C. The predicted octanol–water partition coefficient (Wildman–Crippen LogP) is -0.282. The number of ketones is 1. The Labute approximate surface area is 106 Å². The summed E-state index contributed by atoms with van der Waals surface area (Å²) in [6.45, 7) is 2.75. The maximum absolute atomic E-state index is 11.4. The van der Waals surface area contributed by atoms with E-state index < -0.39 is 39.9 Å². The number of hydrogen-bond acceptors (Lipinski definition) is 6. The summed E-state index contributed by atoms with van der Waals surface area (Å²) in [6.07, 6.45) is 0. The third kappa shape index (κ3) is 1.69. The van der Waals surface area contributed by atoms with E-state index in [1.54, 1.807) is 6.92 Å². The van der Waals surface area contributed by atoms with Crippen LogP contribution in [-0.2, 0) is 23.9 Å². The van der Waals surface area contributed by atoms with Crippen molar-refractivity contribution in [3.05, 3.63) is 11.5 Å². The van der Waals surface area contributed by atoms with Crippen LogP contribution in [0.15, 0.2) is 11.5 Å². The van der Waals surface area contributed by atoms with Crippen molar-refractivity contribution in [2.75, 3.05) is 0 Å². The van der Waals surface area contributed by atoms with E-state index in [9.17, 15) is 19.2 Å². The third-order valence-corrected chi connectivity index (χ3v) is 3.83. The van der Waals surface area contributed by atoms with Crippen molar-refractivity contribution in [1.82, 2.24) is 4.90 Å². The molecule has 18 heavy (non-hydrogen) atoms. The van der Waals surface area contributed by atoms with Crippen LogP contribution in [-0.4, -0.2) is 44.3 Å². The second-order valence-electron chi connectivity index (χ2n) is 3.78. The fourth-order valence-electron chi connectivity index (χ4n) is 1.78. The van der Waals surface area contributed by atoms with Gasteiger partial charge in [0.05, 0.1) is 5.25 Å². The van der Waals surface area contributed by atoms with Gasteiger partial charge >= 0.3 is 11.9 Å². The molecule has 7 nitrogen and oxygen atoms in total. The molecule has 0 aliphatic carbocycles. The van der Waals surface area contributed by atoms with E-state index in [2.05, 4.69) is 0 Å². The molecule has 2 rings (SSSR count). The Morgan fingerprint density at radius 2 is 2.00 bits per heavy atom. The van der Waals surface area contributed by atoms with Crippen LogP contribution in [0.5, 0.6) is 0 Å². The zero-order chi connectivity index (χ0) is 13.6. The lowest BCUT2D eigenvalue weighted by molar-refractivity contribution is -0.157. The summed E-state index contributed by atoms with van der Waals surface area (Å²) in [5.74, 6) is -3.69. The predicted molar refractivity (Wildman–Crippen MR) is 59.1 cm³/mol. The number of β-lactam (4-membered cyclic amide) rings is 1. The number of carboxylic acid groups (broad SMARTS) is 1. The van der Waals surface area contributed by atoms with Crippen LogP contribution in [0, 0.1) is 0 Å². The standard InChI is InChI=1S/C10H9NO6S/c1-3-7(17-4(2)12)5(10(15)16)11-8(14)6(13)9(11)18-3/h3,9H,1-2H3,(H,15,16)/t3-,9+/m0/s1. The van der Waals surface area contributed by atoms with Crippen LogP contribution < -0.4 is 0 Å². The second-order valence-corrected chi connectivity index (χ2v) is 5.21. The van der Waals surface area contributed by atoms with Crippen molar-refractivity contribution in [2.45, 2.75) is 24.5 Å². The Morgan fingerprint density at radius 1 is 1.39 bits per heavy atom. The summed E-state index contributed by atoms with van der Waals surface area (Å²) in [7, 11) is 0. The maximum atomic E-state index is 11.4. The molecule has 1 amide bonds. The molecule has 1 saturated heterocycles. The van der Waals surface area contributed by atoms with Crippen LogP contribution in [0.25, 0.3) is 0 Å². The number of carbonyl (C=O) groups excluding carboxylic acids is 3. The van der Waals surface area contributed by atoms with Gasteiger partial charge in [0.1, 0.15) is 0 Å². The Balaban J connectivity index is 2.48. The van der Waals surface area contributed by atoms with E-state index in [1.807, 2.05) is 0 Å². The number of hydrogen-bond donors (Lipinski definition) is 1. The van der Waals surface area contributed by atoms with Gasteiger partial charge in [0.2, 0.25) is 0 Å². The molecule has 2 atom stereocenters. The summed E-state index contributed by atoms with van der Waals surface area (Å²) in [5.41, 5.74) is -0.425. The summed E-state index contributed by atoms with van der Waals surface area (Å²) in [6, 6.07) is 0. The molecule has 0 aromatic rings. The van der Waals surface area contributed by atoms with Crippen molar-refractivity contribution < 1.29 is 29.0 Å². The van der Waals surface area contributed by atoms with Gasteiger partial charge in [-0.25, -0.2) is 4.79 Å². The Hall–Kier alpha value is -1.83. The number of carboxylic acids is 1. The monoisotopic (exact) mass is 271 g/mol. The number of amides is 1. The molecule has 2 heterocycles. The smallest absolute Gasteiger partial charge is 0.356 e. The number of fused-ring (bicyclic) bond motifs is 1. The first-order valence-electron chi connectivity index (χ1n) is 5.03. The lowest BCUT2D eigenvalue weighted by Gasteiger charge is -2.43. The highest BCUT2D eigenvalue weighted by Crippen LogP contribution is 2.42. The topological polar surface area (TPSA) is 101 Å². The zero-order valence-electron chi connectivity index (χ0n) is 9.50. The minimum atomic E-state index is -1.40. The van der Waals surface area contributed by atoms with E-state index in [-0.39, 0.29) is 5.76 Å². The average molecular weight is 271 g/mol. The number of aliphatic carboxylic acids is 1. The number of carbonyl (C=O) groups is 4. The van der Waals surface area contributed by atoms with E-state index in [4.69, 9.17) is 9.84 Å². The summed E-state index contributed by atoms with van der Waals surface area (Å²) in [4.78, 5) is 45.7. The van der Waals surface area contributed by atoms with Crippen molar-refractivity contribution in [2.24, 2.45) is 0 Å². The fourth-order valence-corrected chi connectivity index (χ4v) is 3.00. The minimum absolute atomic E-state index is 0.0999. The van der Waals surface area contributed by atoms with E-state index in [0.717, 1.165) is 23.6 Å². The van der Waals surface area contributed by atoms with Crippen LogP contribution >= 0.6 is 11.8 Å². The van der Waals surface area contributed by atoms with Crippen molar-refractivity contribution in [3.63, 3.8) is 0 Å². The van der Waals surface area contributed by atoms with Gasteiger partial charge in [0, 0.05) is 6.92 Å². The van der Waals surface area contributed by atoms with Crippen LogP contribution in [0.2, 0.25) is 0 Å². The highest BCUT2D eigenvalue weighted by atomic mass is 32.2. The molecule has 8 heteroatoms. The lowest BCUT2D eigenvalue weighted by atomic mass is 10.1. The Bertz CT molecular complexity index is 510. The molecule has 0 bridgehead atoms. The number of rotatable bonds is 2. The average Bonchev–Trinajstić information content (AvgIpc) is 2.29. The number of nitrogens with zero attached hydrogens (tertiary/aromatic N) is 1. The first-order valence-corrected chi connectivity index (χ1v) is 5.97. The first kappa shape index (κ1) is 12.6. The molecule has 96 valence electrons. The first-order chi connectivity index (χ1) is 8.34. The highest BCUT2D eigenvalue weighted by molar-refractivity contribution is 8.01. The molecule has 0 spiro atoms. The second kappa shape index (κ2) is 4.13. The summed E-state index contributed by atoms with van der Waals surface area (Å²) < 4.78 is 4.85. The van der Waals surface area contributed by atoms with E-state index in [0.29, 0.717) is 0 Å². The van der Waals surface area contributed by atoms with Gasteiger partial charge in [0.15, 0.2) is 16.8 Å². The van der Waals surface area contributed by atoms with Crippen molar-refractivity contribution in [1.29, 1.82) is 0 Å². The molecule has 0 radical (unpaired) electrons. The minimum Gasteiger partial charge on any atom is -0.476 e. The quantitative estimate of drug-likeness (QED) is 0.418. The van der Waals surface area contributed by atoms with Gasteiger partial charge in [-0.3, -0.25) is 19.3 Å². The van der Waals surface area contributed by atoms with Crippen LogP contribution in [0.4, 0.5) is 0 Å². The highest BCUT2D eigenvalue weighted by Gasteiger charge is 2.55. The van der Waals surface area contributed by atoms with Crippen molar-refractivity contribution >= 4 is 35.4 Å². The van der Waals surface area contributed by atoms with Gasteiger partial charge in [-0.15, -0.1) is 11.8 Å². The van der Waals surface area contributed by atoms with Crippen molar-refractivity contribution in [3.8, 4) is 0 Å². The third-order valence-electron chi connectivity index (χ3n) is 2.52. The van der Waals surface area contributed by atoms with Crippen LogP contribution in [0.3, 0.4) is 0 Å². The van der Waals surface area contributed by atoms with Gasteiger partial charge in [0.25, 0.3) is 11.7 Å². The molecule has 0 aromatic heterocycles. The largest absolute Gasteiger partial charge is 0.476 e. The van der Waals surface area contributed by atoms with Crippen LogP contribution in [0.1, 0.15) is 13.8 Å². The number of Topliss-reactive ketones (excluding diaryl/α,β-unsaturated/α-hetero) is 1. The van der Waals surface area contributed by atoms with Gasteiger partial charge in [-0.05, 0) is 6.92 Å². The lowest BCUT2D eigenvalue weighted by Crippen LogP contribution is -2.63. The number of thioether (sulfide) groups is 1. The molecule has 2 aliphatic rings. The summed E-state index contributed by atoms with van der Waals surface area (Å²) >= 11 is 1.08. The molecule has 0 aromatic carbocycles. The van der Waals surface area contributed by atoms with Gasteiger partial charge in [-0.1, -0.05) is 0 Å². The molecule has 1 N–H and O–H groups in total. The van der Waals surface area contributed by atoms with Gasteiger partial charge in [-0.2, -0.15) is 0 Å². The molecule has 2 aliphatic heterocycles. The number of ether oxygens (including phenoxy) is 1. The van der Waals surface area contributed by atoms with Gasteiger partial charge < -0.3 is 9.84 Å².